The van der Waals surface area contributed by atoms with Crippen molar-refractivity contribution in [2.45, 2.75) is 66.0 Å². The largest absolute Gasteiger partial charge is 0.490 e. The van der Waals surface area contributed by atoms with Gasteiger partial charge in [0.25, 0.3) is 0 Å². The van der Waals surface area contributed by atoms with Gasteiger partial charge in [-0.05, 0) is 62.4 Å². The lowest BCUT2D eigenvalue weighted by molar-refractivity contribution is -0.141. The lowest BCUT2D eigenvalue weighted by Gasteiger charge is -2.32. The Balaban J connectivity index is 1.88. The zero-order chi connectivity index (χ0) is 28.0. The fourth-order valence-corrected chi connectivity index (χ4v) is 4.57. The second-order valence-electron chi connectivity index (χ2n) is 9.65. The molecule has 0 aliphatic rings. The third kappa shape index (κ3) is 9.17. The molecule has 3 aromatic rings. The minimum Gasteiger partial charge on any atom is -0.490 e. The number of carbonyl (C=O) groups excluding carboxylic acids is 2. The SMILES string of the molecule is CCCNC(=O)[C@H](Cc1ccccc1)N(Cc1cccc(C)c1)C(=O)CCc1ccc(OCC)c(OCC)c1. The number of amides is 2. The third-order valence-corrected chi connectivity index (χ3v) is 6.49. The van der Waals surface area contributed by atoms with Gasteiger partial charge in [0.05, 0.1) is 13.2 Å². The predicted octanol–water partition coefficient (Wildman–Crippen LogP) is 5.89. The average molecular weight is 531 g/mol. The van der Waals surface area contributed by atoms with Crippen LogP contribution >= 0.6 is 0 Å². The zero-order valence-corrected chi connectivity index (χ0v) is 23.7. The van der Waals surface area contributed by atoms with Crippen LogP contribution in [0, 0.1) is 6.92 Å². The van der Waals surface area contributed by atoms with Gasteiger partial charge in [-0.2, -0.15) is 0 Å². The summed E-state index contributed by atoms with van der Waals surface area (Å²) in [6.07, 6.45) is 2.09. The first-order valence-electron chi connectivity index (χ1n) is 14.0. The molecule has 6 nitrogen and oxygen atoms in total. The third-order valence-electron chi connectivity index (χ3n) is 6.49. The van der Waals surface area contributed by atoms with Crippen molar-refractivity contribution in [2.24, 2.45) is 0 Å². The number of benzene rings is 3. The van der Waals surface area contributed by atoms with Gasteiger partial charge in [-0.15, -0.1) is 0 Å². The Morgan fingerprint density at radius 3 is 2.23 bits per heavy atom. The molecule has 0 aliphatic carbocycles. The van der Waals surface area contributed by atoms with Crippen molar-refractivity contribution in [3.63, 3.8) is 0 Å². The lowest BCUT2D eigenvalue weighted by Crippen LogP contribution is -2.50. The summed E-state index contributed by atoms with van der Waals surface area (Å²) in [4.78, 5) is 29.1. The summed E-state index contributed by atoms with van der Waals surface area (Å²) in [7, 11) is 0. The van der Waals surface area contributed by atoms with E-state index in [1.807, 2.05) is 94.4 Å². The summed E-state index contributed by atoms with van der Waals surface area (Å²) in [5.41, 5.74) is 4.13. The number of aryl methyl sites for hydroxylation is 2. The van der Waals surface area contributed by atoms with E-state index in [0.29, 0.717) is 50.6 Å². The normalized spacial score (nSPS) is 11.5. The first-order valence-corrected chi connectivity index (χ1v) is 14.0. The zero-order valence-electron chi connectivity index (χ0n) is 23.7. The van der Waals surface area contributed by atoms with Crippen LogP contribution < -0.4 is 14.8 Å². The Labute approximate surface area is 233 Å². The van der Waals surface area contributed by atoms with E-state index in [2.05, 4.69) is 11.4 Å². The topological polar surface area (TPSA) is 67.9 Å². The Morgan fingerprint density at radius 2 is 1.54 bits per heavy atom. The van der Waals surface area contributed by atoms with Gasteiger partial charge < -0.3 is 19.7 Å². The molecular formula is C33H42N2O4. The molecule has 2 amide bonds. The second kappa shape index (κ2) is 15.6. The van der Waals surface area contributed by atoms with Gasteiger partial charge in [0.2, 0.25) is 11.8 Å². The smallest absolute Gasteiger partial charge is 0.243 e. The molecule has 1 N–H and O–H groups in total. The van der Waals surface area contributed by atoms with Crippen LogP contribution in [0.5, 0.6) is 11.5 Å². The summed E-state index contributed by atoms with van der Waals surface area (Å²) >= 11 is 0. The van der Waals surface area contributed by atoms with E-state index < -0.39 is 6.04 Å². The van der Waals surface area contributed by atoms with Crippen molar-refractivity contribution >= 4 is 11.8 Å². The molecule has 0 bridgehead atoms. The van der Waals surface area contributed by atoms with Crippen molar-refractivity contribution in [1.82, 2.24) is 10.2 Å². The van der Waals surface area contributed by atoms with E-state index in [4.69, 9.17) is 9.47 Å². The van der Waals surface area contributed by atoms with Crippen molar-refractivity contribution in [2.75, 3.05) is 19.8 Å². The standard InChI is InChI=1S/C33H42N2O4/c1-5-20-34-33(37)29(22-26-13-9-8-10-14-26)35(24-28-15-11-12-25(4)21-28)32(36)19-17-27-16-18-30(38-6-2)31(23-27)39-7-3/h8-16,18,21,23,29H,5-7,17,19-20,22,24H2,1-4H3,(H,34,37)/t29-/m0/s1. The van der Waals surface area contributed by atoms with Crippen LogP contribution in [0.25, 0.3) is 0 Å². The highest BCUT2D eigenvalue weighted by Crippen LogP contribution is 2.29. The highest BCUT2D eigenvalue weighted by molar-refractivity contribution is 5.88. The van der Waals surface area contributed by atoms with Gasteiger partial charge in [0.1, 0.15) is 6.04 Å². The summed E-state index contributed by atoms with van der Waals surface area (Å²) in [6, 6.07) is 23.2. The Morgan fingerprint density at radius 1 is 0.821 bits per heavy atom. The Kier molecular flexibility index (Phi) is 11.9. The molecule has 208 valence electrons. The average Bonchev–Trinajstić information content (AvgIpc) is 2.94. The Bertz CT molecular complexity index is 1200. The highest BCUT2D eigenvalue weighted by Gasteiger charge is 2.30. The van der Waals surface area contributed by atoms with Crippen LogP contribution in [-0.4, -0.2) is 42.5 Å². The van der Waals surface area contributed by atoms with E-state index in [1.165, 1.54) is 0 Å². The van der Waals surface area contributed by atoms with Crippen LogP contribution in [0.15, 0.2) is 72.8 Å². The molecule has 6 heteroatoms. The van der Waals surface area contributed by atoms with E-state index in [-0.39, 0.29) is 18.2 Å². The number of hydrogen-bond acceptors (Lipinski definition) is 4. The molecule has 0 fully saturated rings. The van der Waals surface area contributed by atoms with Crippen molar-refractivity contribution in [1.29, 1.82) is 0 Å². The molecule has 3 rings (SSSR count). The van der Waals surface area contributed by atoms with Gasteiger partial charge in [-0.1, -0.05) is 73.2 Å². The summed E-state index contributed by atoms with van der Waals surface area (Å²) in [5.74, 6) is 1.20. The predicted molar refractivity (Wildman–Crippen MR) is 156 cm³/mol. The minimum absolute atomic E-state index is 0.0593. The summed E-state index contributed by atoms with van der Waals surface area (Å²) in [6.45, 7) is 9.95. The molecule has 0 heterocycles. The highest BCUT2D eigenvalue weighted by atomic mass is 16.5. The van der Waals surface area contributed by atoms with E-state index in [9.17, 15) is 9.59 Å². The van der Waals surface area contributed by atoms with Crippen molar-refractivity contribution in [3.8, 4) is 11.5 Å². The van der Waals surface area contributed by atoms with Crippen LogP contribution in [0.2, 0.25) is 0 Å². The maximum Gasteiger partial charge on any atom is 0.243 e. The molecule has 0 radical (unpaired) electrons. The molecule has 1 atom stereocenters. The molecule has 0 aliphatic heterocycles. The molecule has 0 saturated carbocycles. The molecular weight excluding hydrogens is 488 g/mol. The summed E-state index contributed by atoms with van der Waals surface area (Å²) < 4.78 is 11.5. The van der Waals surface area contributed by atoms with Crippen LogP contribution in [0.4, 0.5) is 0 Å². The maximum absolute atomic E-state index is 13.9. The molecule has 3 aromatic carbocycles. The maximum atomic E-state index is 13.9. The number of rotatable bonds is 15. The fourth-order valence-electron chi connectivity index (χ4n) is 4.57. The fraction of sp³-hybridized carbons (Fsp3) is 0.394. The molecule has 0 unspecified atom stereocenters. The van der Waals surface area contributed by atoms with Crippen molar-refractivity contribution < 1.29 is 19.1 Å². The van der Waals surface area contributed by atoms with Gasteiger partial charge in [0, 0.05) is 25.9 Å². The molecule has 0 saturated heterocycles. The minimum atomic E-state index is -0.619. The van der Waals surface area contributed by atoms with Crippen molar-refractivity contribution in [3.05, 3.63) is 95.1 Å². The Hall–Kier alpha value is -3.80. The van der Waals surface area contributed by atoms with Gasteiger partial charge >= 0.3 is 0 Å². The van der Waals surface area contributed by atoms with E-state index in [0.717, 1.165) is 28.7 Å². The van der Waals surface area contributed by atoms with Crippen LogP contribution in [0.1, 0.15) is 55.9 Å². The van der Waals surface area contributed by atoms with E-state index in [1.54, 1.807) is 4.90 Å². The lowest BCUT2D eigenvalue weighted by atomic mass is 10.0. The van der Waals surface area contributed by atoms with Crippen LogP contribution in [0.3, 0.4) is 0 Å². The van der Waals surface area contributed by atoms with Gasteiger partial charge in [0.15, 0.2) is 11.5 Å². The number of nitrogens with zero attached hydrogens (tertiary/aromatic N) is 1. The monoisotopic (exact) mass is 530 g/mol. The quantitative estimate of drug-likeness (QED) is 0.266. The first-order chi connectivity index (χ1) is 18.9. The summed E-state index contributed by atoms with van der Waals surface area (Å²) in [5, 5.41) is 3.04. The van der Waals surface area contributed by atoms with Gasteiger partial charge in [-0.25, -0.2) is 0 Å². The number of hydrogen-bond donors (Lipinski definition) is 1. The van der Waals surface area contributed by atoms with Gasteiger partial charge in [-0.3, -0.25) is 9.59 Å². The number of carbonyl (C=O) groups is 2. The number of nitrogens with one attached hydrogen (secondary N) is 1. The van der Waals surface area contributed by atoms with Crippen LogP contribution in [-0.2, 0) is 29.0 Å². The first kappa shape index (κ1) is 29.8. The molecule has 39 heavy (non-hydrogen) atoms. The molecule has 0 aromatic heterocycles. The second-order valence-corrected chi connectivity index (χ2v) is 9.65. The van der Waals surface area contributed by atoms with E-state index >= 15 is 0 Å². The molecule has 0 spiro atoms. The number of ether oxygens (including phenoxy) is 2.